The van der Waals surface area contributed by atoms with E-state index in [1.54, 1.807) is 23.1 Å². The monoisotopic (exact) mass is 364 g/mol. The molecule has 0 aromatic heterocycles. The number of nitrogens with zero attached hydrogens (tertiary/aromatic N) is 1. The molecule has 0 aliphatic heterocycles. The maximum absolute atomic E-state index is 12.1. The van der Waals surface area contributed by atoms with Crippen molar-refractivity contribution in [2.24, 2.45) is 0 Å². The number of aryl methyl sites for hydroxylation is 1. The van der Waals surface area contributed by atoms with Gasteiger partial charge in [0.15, 0.2) is 0 Å². The fourth-order valence-corrected chi connectivity index (χ4v) is 2.85. The summed E-state index contributed by atoms with van der Waals surface area (Å²) < 4.78 is 0. The van der Waals surface area contributed by atoms with Gasteiger partial charge in [0.2, 0.25) is 11.8 Å². The van der Waals surface area contributed by atoms with Gasteiger partial charge in [0.1, 0.15) is 0 Å². The minimum Gasteiger partial charge on any atom is -0.326 e. The lowest BCUT2D eigenvalue weighted by molar-refractivity contribution is -0.117. The van der Waals surface area contributed by atoms with Crippen LogP contribution in [-0.2, 0) is 9.59 Å². The Kier molecular flexibility index (Phi) is 6.23. The number of hydrogen-bond donors (Lipinski definition) is 1. The molecule has 126 valence electrons. The molecule has 0 saturated carbocycles. The molecule has 0 bridgehead atoms. The van der Waals surface area contributed by atoms with E-state index in [4.69, 9.17) is 23.2 Å². The van der Waals surface area contributed by atoms with Gasteiger partial charge < -0.3 is 10.2 Å². The maximum Gasteiger partial charge on any atom is 0.226 e. The van der Waals surface area contributed by atoms with E-state index in [2.05, 4.69) is 5.32 Å². The number of carbonyl (C=O) groups excluding carboxylic acids is 2. The van der Waals surface area contributed by atoms with Crippen LogP contribution in [0, 0.1) is 6.92 Å². The first-order valence-corrected chi connectivity index (χ1v) is 8.21. The van der Waals surface area contributed by atoms with Crippen molar-refractivity contribution in [1.82, 2.24) is 0 Å². The number of hydrogen-bond acceptors (Lipinski definition) is 2. The normalized spacial score (nSPS) is 10.3. The molecule has 0 aliphatic rings. The summed E-state index contributed by atoms with van der Waals surface area (Å²) >= 11 is 11.8. The lowest BCUT2D eigenvalue weighted by atomic mass is 10.2. The quantitative estimate of drug-likeness (QED) is 0.836. The van der Waals surface area contributed by atoms with Crippen LogP contribution < -0.4 is 10.2 Å². The number of carbonyl (C=O) groups is 2. The van der Waals surface area contributed by atoms with Crippen molar-refractivity contribution in [2.45, 2.75) is 20.3 Å². The van der Waals surface area contributed by atoms with Crippen molar-refractivity contribution in [3.05, 3.63) is 58.1 Å². The fraction of sp³-hybridized carbons (Fsp3) is 0.222. The summed E-state index contributed by atoms with van der Waals surface area (Å²) in [7, 11) is 0. The molecule has 2 amide bonds. The molecule has 2 rings (SSSR count). The third-order valence-electron chi connectivity index (χ3n) is 3.40. The SMILES string of the molecule is CC(=O)N(CCC(=O)Nc1cc(Cl)cc(Cl)c1)c1cccc(C)c1. The van der Waals surface area contributed by atoms with Crippen LogP contribution in [-0.4, -0.2) is 18.4 Å². The second-order valence-corrected chi connectivity index (χ2v) is 6.34. The molecule has 0 fully saturated rings. The van der Waals surface area contributed by atoms with Gasteiger partial charge >= 0.3 is 0 Å². The highest BCUT2D eigenvalue weighted by atomic mass is 35.5. The van der Waals surface area contributed by atoms with Crippen molar-refractivity contribution in [3.8, 4) is 0 Å². The van der Waals surface area contributed by atoms with E-state index in [1.807, 2.05) is 31.2 Å². The number of nitrogens with one attached hydrogen (secondary N) is 1. The summed E-state index contributed by atoms with van der Waals surface area (Å²) in [5.74, 6) is -0.327. The zero-order valence-corrected chi connectivity index (χ0v) is 15.0. The first-order valence-electron chi connectivity index (χ1n) is 7.46. The van der Waals surface area contributed by atoms with Gasteiger partial charge in [0, 0.05) is 41.3 Å². The smallest absolute Gasteiger partial charge is 0.226 e. The van der Waals surface area contributed by atoms with Crippen molar-refractivity contribution in [2.75, 3.05) is 16.8 Å². The molecule has 2 aromatic rings. The first-order chi connectivity index (χ1) is 11.3. The highest BCUT2D eigenvalue weighted by molar-refractivity contribution is 6.35. The van der Waals surface area contributed by atoms with E-state index >= 15 is 0 Å². The van der Waals surface area contributed by atoms with Gasteiger partial charge in [-0.1, -0.05) is 35.3 Å². The molecule has 4 nitrogen and oxygen atoms in total. The van der Waals surface area contributed by atoms with Gasteiger partial charge in [-0.05, 0) is 42.8 Å². The van der Waals surface area contributed by atoms with Crippen molar-refractivity contribution in [1.29, 1.82) is 0 Å². The highest BCUT2D eigenvalue weighted by Gasteiger charge is 2.14. The molecule has 0 spiro atoms. The van der Waals surface area contributed by atoms with E-state index < -0.39 is 0 Å². The number of anilines is 2. The van der Waals surface area contributed by atoms with Crippen molar-refractivity contribution in [3.63, 3.8) is 0 Å². The van der Waals surface area contributed by atoms with Crippen LogP contribution >= 0.6 is 23.2 Å². The van der Waals surface area contributed by atoms with Crippen molar-refractivity contribution >= 4 is 46.4 Å². The van der Waals surface area contributed by atoms with Crippen LogP contribution in [0.5, 0.6) is 0 Å². The molecule has 2 aromatic carbocycles. The standard InChI is InChI=1S/C18H18Cl2N2O2/c1-12-4-3-5-17(8-12)22(13(2)23)7-6-18(24)21-16-10-14(19)9-15(20)11-16/h3-5,8-11H,6-7H2,1-2H3,(H,21,24). The van der Waals surface area contributed by atoms with Crippen LogP contribution in [0.1, 0.15) is 18.9 Å². The van der Waals surface area contributed by atoms with Crippen LogP contribution in [0.4, 0.5) is 11.4 Å². The van der Waals surface area contributed by atoms with E-state index in [-0.39, 0.29) is 18.2 Å². The minimum atomic E-state index is -0.216. The Morgan fingerprint density at radius 3 is 2.33 bits per heavy atom. The molecule has 0 aliphatic carbocycles. The summed E-state index contributed by atoms with van der Waals surface area (Å²) in [5, 5.41) is 3.63. The lowest BCUT2D eigenvalue weighted by Crippen LogP contribution is -2.32. The largest absolute Gasteiger partial charge is 0.326 e. The number of halogens is 2. The zero-order valence-electron chi connectivity index (χ0n) is 13.5. The zero-order chi connectivity index (χ0) is 17.7. The van der Waals surface area contributed by atoms with Gasteiger partial charge in [-0.3, -0.25) is 9.59 Å². The predicted octanol–water partition coefficient (Wildman–Crippen LogP) is 4.68. The van der Waals surface area contributed by atoms with Gasteiger partial charge in [0.25, 0.3) is 0 Å². The molecule has 6 heteroatoms. The van der Waals surface area contributed by atoms with E-state index in [0.29, 0.717) is 22.3 Å². The van der Waals surface area contributed by atoms with E-state index in [9.17, 15) is 9.59 Å². The van der Waals surface area contributed by atoms with Gasteiger partial charge in [-0.2, -0.15) is 0 Å². The van der Waals surface area contributed by atoms with E-state index in [0.717, 1.165) is 11.3 Å². The molecule has 0 saturated heterocycles. The third kappa shape index (κ3) is 5.25. The minimum absolute atomic E-state index is 0.112. The summed E-state index contributed by atoms with van der Waals surface area (Å²) in [6.07, 6.45) is 0.164. The predicted molar refractivity (Wildman–Crippen MR) is 98.9 cm³/mol. The Morgan fingerprint density at radius 1 is 1.08 bits per heavy atom. The van der Waals surface area contributed by atoms with Gasteiger partial charge in [0.05, 0.1) is 0 Å². The molecular weight excluding hydrogens is 347 g/mol. The molecule has 0 atom stereocenters. The van der Waals surface area contributed by atoms with Crippen LogP contribution in [0.25, 0.3) is 0 Å². The second kappa shape index (κ2) is 8.18. The molecule has 0 heterocycles. The molecule has 0 unspecified atom stereocenters. The lowest BCUT2D eigenvalue weighted by Gasteiger charge is -2.21. The second-order valence-electron chi connectivity index (χ2n) is 5.47. The third-order valence-corrected chi connectivity index (χ3v) is 3.84. The molecule has 1 N–H and O–H groups in total. The molecule has 24 heavy (non-hydrogen) atoms. The topological polar surface area (TPSA) is 49.4 Å². The summed E-state index contributed by atoms with van der Waals surface area (Å²) in [4.78, 5) is 25.6. The Balaban J connectivity index is 2.01. The average molecular weight is 365 g/mol. The molecule has 0 radical (unpaired) electrons. The number of benzene rings is 2. The average Bonchev–Trinajstić information content (AvgIpc) is 2.46. The Labute approximate surface area is 151 Å². The fourth-order valence-electron chi connectivity index (χ4n) is 2.33. The van der Waals surface area contributed by atoms with Crippen molar-refractivity contribution < 1.29 is 9.59 Å². The Bertz CT molecular complexity index is 742. The number of rotatable bonds is 5. The van der Waals surface area contributed by atoms with Gasteiger partial charge in [-0.25, -0.2) is 0 Å². The summed E-state index contributed by atoms with van der Waals surface area (Å²) in [6, 6.07) is 12.4. The highest BCUT2D eigenvalue weighted by Crippen LogP contribution is 2.22. The van der Waals surface area contributed by atoms with Crippen LogP contribution in [0.15, 0.2) is 42.5 Å². The Hall–Kier alpha value is -2.04. The first kappa shape index (κ1) is 18.3. The molecular formula is C18H18Cl2N2O2. The maximum atomic E-state index is 12.1. The summed E-state index contributed by atoms with van der Waals surface area (Å²) in [5.41, 5.74) is 2.36. The number of amides is 2. The van der Waals surface area contributed by atoms with Crippen LogP contribution in [0.2, 0.25) is 10.0 Å². The summed E-state index contributed by atoms with van der Waals surface area (Å²) in [6.45, 7) is 3.73. The van der Waals surface area contributed by atoms with E-state index in [1.165, 1.54) is 6.92 Å². The Morgan fingerprint density at radius 2 is 1.75 bits per heavy atom. The van der Waals surface area contributed by atoms with Gasteiger partial charge in [-0.15, -0.1) is 0 Å². The van der Waals surface area contributed by atoms with Crippen LogP contribution in [0.3, 0.4) is 0 Å².